The van der Waals surface area contributed by atoms with Gasteiger partial charge in [-0.05, 0) is 50.3 Å². The highest BCUT2D eigenvalue weighted by Crippen LogP contribution is 2.27. The van der Waals surface area contributed by atoms with Crippen LogP contribution in [0.15, 0.2) is 18.2 Å². The minimum absolute atomic E-state index is 0.1000. The van der Waals surface area contributed by atoms with E-state index < -0.39 is 5.91 Å². The lowest BCUT2D eigenvalue weighted by Gasteiger charge is -2.27. The van der Waals surface area contributed by atoms with Gasteiger partial charge >= 0.3 is 0 Å². The molecule has 0 aliphatic heterocycles. The third-order valence-electron chi connectivity index (χ3n) is 5.09. The van der Waals surface area contributed by atoms with E-state index in [9.17, 15) is 9.90 Å². The normalized spacial score (nSPS) is 19.2. The van der Waals surface area contributed by atoms with Crippen molar-refractivity contribution in [1.82, 2.24) is 18.7 Å². The van der Waals surface area contributed by atoms with Gasteiger partial charge in [-0.1, -0.05) is 6.92 Å². The Labute approximate surface area is 172 Å². The van der Waals surface area contributed by atoms with E-state index in [-0.39, 0.29) is 17.8 Å². The lowest BCUT2D eigenvalue weighted by molar-refractivity contribution is 0.0996. The van der Waals surface area contributed by atoms with Gasteiger partial charge in [0.05, 0.1) is 23.5 Å². The summed E-state index contributed by atoms with van der Waals surface area (Å²) < 4.78 is 8.43. The van der Waals surface area contributed by atoms with E-state index in [0.717, 1.165) is 54.1 Å². The van der Waals surface area contributed by atoms with Crippen LogP contribution in [0.25, 0.3) is 11.0 Å². The first-order valence-corrected chi connectivity index (χ1v) is 10.4. The van der Waals surface area contributed by atoms with Crippen LogP contribution in [0.1, 0.15) is 48.8 Å². The number of aliphatic hydroxyl groups excluding tert-OH is 1. The van der Waals surface area contributed by atoms with Crippen molar-refractivity contribution in [2.45, 2.75) is 51.2 Å². The molecule has 5 N–H and O–H groups in total. The molecule has 0 atom stereocenters. The van der Waals surface area contributed by atoms with Crippen molar-refractivity contribution in [3.05, 3.63) is 29.6 Å². The molecule has 1 amide bonds. The Balaban J connectivity index is 1.65. The Hall–Kier alpha value is -2.85. The average molecular weight is 414 g/mol. The number of carbonyl (C=O) groups excluding carboxylic acids is 1. The third-order valence-corrected chi connectivity index (χ3v) is 5.65. The summed E-state index contributed by atoms with van der Waals surface area (Å²) in [4.78, 5) is 21.1. The topological polar surface area (TPSA) is 139 Å². The highest BCUT2D eigenvalue weighted by Gasteiger charge is 2.23. The van der Waals surface area contributed by atoms with Crippen molar-refractivity contribution >= 4 is 46.0 Å². The number of carbonyl (C=O) groups is 1. The molecule has 0 bridgehead atoms. The zero-order valence-electron chi connectivity index (χ0n) is 16.1. The largest absolute Gasteiger partial charge is 0.393 e. The number of benzene rings is 1. The van der Waals surface area contributed by atoms with Crippen LogP contribution in [0.2, 0.25) is 0 Å². The molecule has 10 heteroatoms. The summed E-state index contributed by atoms with van der Waals surface area (Å²) in [7, 11) is 0. The fourth-order valence-electron chi connectivity index (χ4n) is 3.50. The highest BCUT2D eigenvalue weighted by atomic mass is 32.1. The predicted octanol–water partition coefficient (Wildman–Crippen LogP) is 2.60. The number of rotatable bonds is 6. The Morgan fingerprint density at radius 2 is 1.93 bits per heavy atom. The van der Waals surface area contributed by atoms with E-state index >= 15 is 0 Å². The third kappa shape index (κ3) is 4.28. The molecule has 1 fully saturated rings. The molecule has 0 radical (unpaired) electrons. The SMILES string of the molecule is CCc1nc(C(N)=O)c(Nc2ccc3nsnc3c2)nc1N[C@H]1CC[C@H](O)CC1. The van der Waals surface area contributed by atoms with Gasteiger partial charge in [0.25, 0.3) is 5.91 Å². The van der Waals surface area contributed by atoms with Crippen LogP contribution in [0.5, 0.6) is 0 Å². The van der Waals surface area contributed by atoms with E-state index in [1.807, 2.05) is 25.1 Å². The molecule has 2 aromatic heterocycles. The number of hydrogen-bond donors (Lipinski definition) is 4. The molecule has 29 heavy (non-hydrogen) atoms. The first-order chi connectivity index (χ1) is 14.0. The van der Waals surface area contributed by atoms with Crippen LogP contribution < -0.4 is 16.4 Å². The van der Waals surface area contributed by atoms with Crippen molar-refractivity contribution in [2.24, 2.45) is 5.73 Å². The standard InChI is InChI=1S/C19H23N7O2S/c1-2-13-18(21-10-3-6-12(27)7-4-10)24-19(16(23-13)17(20)28)22-11-5-8-14-15(9-11)26-29-25-14/h5,8-10,12,27H,2-4,6-7H2,1H3,(H2,20,28)(H2,21,22,24)/t10-,12-. The van der Waals surface area contributed by atoms with E-state index in [1.54, 1.807) is 0 Å². The number of aliphatic hydroxyl groups is 1. The van der Waals surface area contributed by atoms with Gasteiger partial charge in [0.2, 0.25) is 0 Å². The van der Waals surface area contributed by atoms with Crippen LogP contribution in [-0.2, 0) is 6.42 Å². The minimum Gasteiger partial charge on any atom is -0.393 e. The molecule has 1 saturated carbocycles. The molecule has 4 rings (SSSR count). The van der Waals surface area contributed by atoms with Gasteiger partial charge < -0.3 is 21.5 Å². The van der Waals surface area contributed by atoms with E-state index in [0.29, 0.717) is 23.8 Å². The average Bonchev–Trinajstić information content (AvgIpc) is 3.17. The van der Waals surface area contributed by atoms with Crippen molar-refractivity contribution in [1.29, 1.82) is 0 Å². The Morgan fingerprint density at radius 3 is 2.66 bits per heavy atom. The van der Waals surface area contributed by atoms with Crippen molar-refractivity contribution in [3.63, 3.8) is 0 Å². The number of hydrogen-bond acceptors (Lipinski definition) is 9. The molecule has 0 spiro atoms. The van der Waals surface area contributed by atoms with Crippen molar-refractivity contribution < 1.29 is 9.90 Å². The number of nitrogens with zero attached hydrogens (tertiary/aromatic N) is 4. The number of aryl methyl sites for hydroxylation is 1. The predicted molar refractivity (Wildman–Crippen MR) is 113 cm³/mol. The summed E-state index contributed by atoms with van der Waals surface area (Å²) in [6.45, 7) is 1.96. The van der Waals surface area contributed by atoms with Crippen LogP contribution in [-0.4, -0.2) is 41.9 Å². The molecule has 1 aromatic carbocycles. The second-order valence-electron chi connectivity index (χ2n) is 7.18. The van der Waals surface area contributed by atoms with E-state index in [1.165, 1.54) is 0 Å². The van der Waals surface area contributed by atoms with Crippen LogP contribution in [0.3, 0.4) is 0 Å². The highest BCUT2D eigenvalue weighted by molar-refractivity contribution is 7.00. The van der Waals surface area contributed by atoms with E-state index in [2.05, 4.69) is 29.3 Å². The molecule has 9 nitrogen and oxygen atoms in total. The van der Waals surface area contributed by atoms with Crippen LogP contribution in [0.4, 0.5) is 17.3 Å². The summed E-state index contributed by atoms with van der Waals surface area (Å²) in [5.74, 6) is 0.298. The summed E-state index contributed by atoms with van der Waals surface area (Å²) in [6.07, 6.45) is 3.63. The molecule has 1 aliphatic rings. The van der Waals surface area contributed by atoms with Crippen molar-refractivity contribution in [3.8, 4) is 0 Å². The molecule has 152 valence electrons. The summed E-state index contributed by atoms with van der Waals surface area (Å²) >= 11 is 1.15. The lowest BCUT2D eigenvalue weighted by atomic mass is 9.93. The van der Waals surface area contributed by atoms with Gasteiger partial charge in [0, 0.05) is 11.7 Å². The first kappa shape index (κ1) is 19.5. The minimum atomic E-state index is -0.640. The molecule has 0 unspecified atom stereocenters. The van der Waals surface area contributed by atoms with Crippen molar-refractivity contribution in [2.75, 3.05) is 10.6 Å². The number of amides is 1. The van der Waals surface area contributed by atoms with Gasteiger partial charge in [0.1, 0.15) is 16.9 Å². The molecule has 1 aliphatic carbocycles. The van der Waals surface area contributed by atoms with Gasteiger partial charge in [-0.3, -0.25) is 4.79 Å². The fraction of sp³-hybridized carbons (Fsp3) is 0.421. The zero-order valence-corrected chi connectivity index (χ0v) is 16.9. The number of nitrogens with two attached hydrogens (primary N) is 1. The van der Waals surface area contributed by atoms with Gasteiger partial charge in [-0.15, -0.1) is 0 Å². The monoisotopic (exact) mass is 413 g/mol. The first-order valence-electron chi connectivity index (χ1n) is 9.68. The van der Waals surface area contributed by atoms with E-state index in [4.69, 9.17) is 5.73 Å². The molecular formula is C19H23N7O2S. The lowest BCUT2D eigenvalue weighted by Crippen LogP contribution is -2.29. The summed E-state index contributed by atoms with van der Waals surface area (Å²) in [5.41, 5.74) is 8.65. The maximum atomic E-state index is 12.0. The summed E-state index contributed by atoms with van der Waals surface area (Å²) in [6, 6.07) is 5.75. The second-order valence-corrected chi connectivity index (χ2v) is 7.70. The summed E-state index contributed by atoms with van der Waals surface area (Å²) in [5, 5.41) is 16.3. The van der Waals surface area contributed by atoms with Crippen LogP contribution in [0, 0.1) is 0 Å². The number of fused-ring (bicyclic) bond motifs is 1. The van der Waals surface area contributed by atoms with Gasteiger partial charge in [-0.25, -0.2) is 9.97 Å². The second kappa shape index (κ2) is 8.26. The van der Waals surface area contributed by atoms with Gasteiger partial charge in [-0.2, -0.15) is 8.75 Å². The Kier molecular flexibility index (Phi) is 5.54. The molecular weight excluding hydrogens is 390 g/mol. The number of nitrogens with one attached hydrogen (secondary N) is 2. The number of aromatic nitrogens is 4. The Morgan fingerprint density at radius 1 is 1.17 bits per heavy atom. The van der Waals surface area contributed by atoms with Gasteiger partial charge in [0.15, 0.2) is 11.5 Å². The maximum Gasteiger partial charge on any atom is 0.271 e. The molecule has 0 saturated heterocycles. The number of primary amides is 1. The van der Waals surface area contributed by atoms with Crippen LogP contribution >= 0.6 is 11.7 Å². The molecule has 2 heterocycles. The number of anilines is 3. The molecule has 3 aromatic rings. The Bertz CT molecular complexity index is 1030. The maximum absolute atomic E-state index is 12.0. The quantitative estimate of drug-likeness (QED) is 0.484. The zero-order chi connectivity index (χ0) is 20.4. The fourth-order valence-corrected chi connectivity index (χ4v) is 4.02. The smallest absolute Gasteiger partial charge is 0.271 e.